The van der Waals surface area contributed by atoms with E-state index in [2.05, 4.69) is 4.98 Å². The summed E-state index contributed by atoms with van der Waals surface area (Å²) in [5, 5.41) is 0.180. The third-order valence-electron chi connectivity index (χ3n) is 5.37. The Kier molecular flexibility index (Phi) is 6.97. The molecule has 33 heavy (non-hydrogen) atoms. The second-order valence-electron chi connectivity index (χ2n) is 7.88. The van der Waals surface area contributed by atoms with Gasteiger partial charge in [-0.15, -0.1) is 0 Å². The number of halogens is 3. The molecule has 1 heterocycles. The summed E-state index contributed by atoms with van der Waals surface area (Å²) in [7, 11) is 1.60. The number of imidazole rings is 1. The number of alkyl halides is 3. The van der Waals surface area contributed by atoms with Gasteiger partial charge in [-0.25, -0.2) is 4.98 Å². The molecule has 1 aliphatic carbocycles. The number of aromatic nitrogens is 2. The van der Waals surface area contributed by atoms with E-state index in [1.54, 1.807) is 37.4 Å². The van der Waals surface area contributed by atoms with Gasteiger partial charge in [0.15, 0.2) is 5.16 Å². The van der Waals surface area contributed by atoms with Crippen LogP contribution in [0.25, 0.3) is 11.3 Å². The van der Waals surface area contributed by atoms with Crippen molar-refractivity contribution in [1.29, 1.82) is 0 Å². The summed E-state index contributed by atoms with van der Waals surface area (Å²) in [6, 6.07) is 16.5. The molecule has 0 bridgehead atoms. The van der Waals surface area contributed by atoms with Gasteiger partial charge in [0, 0.05) is 12.6 Å². The van der Waals surface area contributed by atoms with E-state index in [9.17, 15) is 18.0 Å². The molecule has 0 radical (unpaired) electrons. The van der Waals surface area contributed by atoms with E-state index in [1.165, 1.54) is 6.20 Å². The molecule has 0 saturated heterocycles. The Balaban J connectivity index is 1.48. The number of methoxy groups -OCH3 is 1. The lowest BCUT2D eigenvalue weighted by atomic mass is 10.2. The first-order valence-electron chi connectivity index (χ1n) is 10.6. The second-order valence-corrected chi connectivity index (χ2v) is 8.83. The Labute approximate surface area is 194 Å². The molecule has 0 unspecified atom stereocenters. The minimum absolute atomic E-state index is 0.0236. The molecule has 1 aliphatic rings. The fourth-order valence-electron chi connectivity index (χ4n) is 3.59. The van der Waals surface area contributed by atoms with E-state index >= 15 is 0 Å². The molecule has 0 N–H and O–H groups in total. The lowest BCUT2D eigenvalue weighted by molar-refractivity contribution is -0.141. The molecule has 0 atom stereocenters. The summed E-state index contributed by atoms with van der Waals surface area (Å²) >= 11 is 1.04. The van der Waals surface area contributed by atoms with Gasteiger partial charge in [0.25, 0.3) is 0 Å². The smallest absolute Gasteiger partial charge is 0.406 e. The largest absolute Gasteiger partial charge is 0.497 e. The molecule has 2 aromatic carbocycles. The zero-order valence-electron chi connectivity index (χ0n) is 18.1. The third-order valence-corrected chi connectivity index (χ3v) is 6.35. The van der Waals surface area contributed by atoms with Crippen LogP contribution in [0.4, 0.5) is 13.2 Å². The van der Waals surface area contributed by atoms with Crippen LogP contribution in [-0.4, -0.2) is 45.4 Å². The van der Waals surface area contributed by atoms with Crippen molar-refractivity contribution in [3.05, 3.63) is 66.4 Å². The maximum absolute atomic E-state index is 13.3. The maximum Gasteiger partial charge on any atom is 0.406 e. The van der Waals surface area contributed by atoms with E-state index in [0.717, 1.165) is 40.5 Å². The van der Waals surface area contributed by atoms with Crippen LogP contribution in [0.3, 0.4) is 0 Å². The van der Waals surface area contributed by atoms with Gasteiger partial charge in [0.1, 0.15) is 12.3 Å². The van der Waals surface area contributed by atoms with Crippen molar-refractivity contribution < 1.29 is 22.7 Å². The molecule has 1 amide bonds. The van der Waals surface area contributed by atoms with Crippen molar-refractivity contribution in [2.45, 2.75) is 43.3 Å². The fraction of sp³-hybridized carbons (Fsp3) is 0.333. The third kappa shape index (κ3) is 6.10. The van der Waals surface area contributed by atoms with Gasteiger partial charge >= 0.3 is 6.18 Å². The van der Waals surface area contributed by atoms with Crippen molar-refractivity contribution in [1.82, 2.24) is 14.5 Å². The monoisotopic (exact) mass is 475 g/mol. The summed E-state index contributed by atoms with van der Waals surface area (Å²) in [5.41, 5.74) is 2.00. The Morgan fingerprint density at radius 3 is 2.45 bits per heavy atom. The van der Waals surface area contributed by atoms with Gasteiger partial charge in [-0.1, -0.05) is 54.2 Å². The van der Waals surface area contributed by atoms with Gasteiger partial charge in [0.05, 0.1) is 24.8 Å². The first-order chi connectivity index (χ1) is 15.8. The standard InChI is InChI=1S/C24H24F3N3O2S/c1-32-20-11-7-17(8-12-20)14-29(19-9-10-19)22(31)15-33-23-28-13-21(18-5-3-2-4-6-18)30(23)16-24(25,26)27/h2-8,11-13,19H,9-10,14-16H2,1H3. The van der Waals surface area contributed by atoms with E-state index in [0.29, 0.717) is 17.8 Å². The normalized spacial score (nSPS) is 13.7. The minimum atomic E-state index is -4.40. The van der Waals surface area contributed by atoms with Gasteiger partial charge in [-0.2, -0.15) is 13.2 Å². The van der Waals surface area contributed by atoms with E-state index in [4.69, 9.17) is 4.74 Å². The lowest BCUT2D eigenvalue weighted by Crippen LogP contribution is -2.34. The molecule has 3 aromatic rings. The van der Waals surface area contributed by atoms with Gasteiger partial charge in [0.2, 0.25) is 5.91 Å². The molecule has 1 fully saturated rings. The number of amides is 1. The Hall–Kier alpha value is -2.94. The average Bonchev–Trinajstić information content (AvgIpc) is 3.57. The predicted octanol–water partition coefficient (Wildman–Crippen LogP) is 5.40. The van der Waals surface area contributed by atoms with Crippen LogP contribution in [-0.2, 0) is 17.9 Å². The molecular formula is C24H24F3N3O2S. The number of benzene rings is 2. The molecule has 0 aliphatic heterocycles. The van der Waals surface area contributed by atoms with E-state index in [-0.39, 0.29) is 22.9 Å². The van der Waals surface area contributed by atoms with Crippen molar-refractivity contribution >= 4 is 17.7 Å². The molecule has 1 aromatic heterocycles. The molecule has 1 saturated carbocycles. The van der Waals surface area contributed by atoms with Crippen molar-refractivity contribution in [2.24, 2.45) is 0 Å². The van der Waals surface area contributed by atoms with Crippen molar-refractivity contribution in [3.8, 4) is 17.0 Å². The fourth-order valence-corrected chi connectivity index (χ4v) is 4.45. The number of hydrogen-bond donors (Lipinski definition) is 0. The molecule has 0 spiro atoms. The number of ether oxygens (including phenoxy) is 1. The molecular weight excluding hydrogens is 451 g/mol. The van der Waals surface area contributed by atoms with Crippen molar-refractivity contribution in [3.63, 3.8) is 0 Å². The predicted molar refractivity (Wildman–Crippen MR) is 121 cm³/mol. The van der Waals surface area contributed by atoms with Crippen LogP contribution in [0.2, 0.25) is 0 Å². The lowest BCUT2D eigenvalue weighted by Gasteiger charge is -2.23. The number of hydrogen-bond acceptors (Lipinski definition) is 4. The van der Waals surface area contributed by atoms with Crippen LogP contribution >= 0.6 is 11.8 Å². The number of carbonyl (C=O) groups is 1. The minimum Gasteiger partial charge on any atom is -0.497 e. The highest BCUT2D eigenvalue weighted by molar-refractivity contribution is 7.99. The Bertz CT molecular complexity index is 1080. The first-order valence-corrected chi connectivity index (χ1v) is 11.6. The van der Waals surface area contributed by atoms with Crippen LogP contribution in [0, 0.1) is 0 Å². The van der Waals surface area contributed by atoms with Crippen LogP contribution in [0.1, 0.15) is 18.4 Å². The van der Waals surface area contributed by atoms with Crippen molar-refractivity contribution in [2.75, 3.05) is 12.9 Å². The highest BCUT2D eigenvalue weighted by Crippen LogP contribution is 2.32. The van der Waals surface area contributed by atoms with Crippen LogP contribution in [0.15, 0.2) is 66.0 Å². The number of carbonyl (C=O) groups excluding carboxylic acids is 1. The summed E-state index contributed by atoms with van der Waals surface area (Å²) in [4.78, 5) is 19.0. The van der Waals surface area contributed by atoms with E-state index < -0.39 is 12.7 Å². The van der Waals surface area contributed by atoms with Crippen LogP contribution < -0.4 is 4.74 Å². The SMILES string of the molecule is COc1ccc(CN(C(=O)CSc2ncc(-c3ccccc3)n2CC(F)(F)F)C2CC2)cc1. The Morgan fingerprint density at radius 1 is 1.15 bits per heavy atom. The second kappa shape index (κ2) is 9.91. The number of rotatable bonds is 9. The molecule has 5 nitrogen and oxygen atoms in total. The van der Waals surface area contributed by atoms with Crippen LogP contribution in [0.5, 0.6) is 5.75 Å². The Morgan fingerprint density at radius 2 is 1.85 bits per heavy atom. The van der Waals surface area contributed by atoms with E-state index in [1.807, 2.05) is 29.2 Å². The number of thioether (sulfide) groups is 1. The zero-order chi connectivity index (χ0) is 23.4. The summed E-state index contributed by atoms with van der Waals surface area (Å²) < 4.78 is 46.2. The van der Waals surface area contributed by atoms with Gasteiger partial charge in [-0.05, 0) is 36.1 Å². The zero-order valence-corrected chi connectivity index (χ0v) is 18.9. The average molecular weight is 476 g/mol. The van der Waals surface area contributed by atoms with Gasteiger partial charge in [-0.3, -0.25) is 4.79 Å². The topological polar surface area (TPSA) is 47.4 Å². The van der Waals surface area contributed by atoms with Gasteiger partial charge < -0.3 is 14.2 Å². The summed E-state index contributed by atoms with van der Waals surface area (Å²) in [5.74, 6) is 0.654. The highest BCUT2D eigenvalue weighted by Gasteiger charge is 2.34. The summed E-state index contributed by atoms with van der Waals surface area (Å²) in [6.07, 6.45) is -1.09. The number of nitrogens with zero attached hydrogens (tertiary/aromatic N) is 3. The molecule has 174 valence electrons. The molecule has 4 rings (SSSR count). The highest BCUT2D eigenvalue weighted by atomic mass is 32.2. The molecule has 9 heteroatoms. The quantitative estimate of drug-likeness (QED) is 0.389. The maximum atomic E-state index is 13.3. The summed E-state index contributed by atoms with van der Waals surface area (Å²) in [6.45, 7) is -0.702. The first kappa shape index (κ1) is 23.2.